The quantitative estimate of drug-likeness (QED) is 0.227. The van der Waals surface area contributed by atoms with Crippen LogP contribution in [0, 0.1) is 23.4 Å². The fourth-order valence-electron chi connectivity index (χ4n) is 4.89. The third-order valence-corrected chi connectivity index (χ3v) is 10.2. The van der Waals surface area contributed by atoms with Gasteiger partial charge in [-0.05, 0) is 49.1 Å². The van der Waals surface area contributed by atoms with Crippen molar-refractivity contribution in [1.29, 1.82) is 0 Å². The van der Waals surface area contributed by atoms with Crippen molar-refractivity contribution in [2.24, 2.45) is 5.92 Å². The number of anilines is 2. The van der Waals surface area contributed by atoms with Gasteiger partial charge in [-0.15, -0.1) is 11.3 Å². The van der Waals surface area contributed by atoms with Crippen LogP contribution in [0.2, 0.25) is 0 Å². The summed E-state index contributed by atoms with van der Waals surface area (Å²) in [5.41, 5.74) is 5.30. The third-order valence-electron chi connectivity index (χ3n) is 7.40. The van der Waals surface area contributed by atoms with Gasteiger partial charge in [0.15, 0.2) is 10.7 Å². The van der Waals surface area contributed by atoms with Gasteiger partial charge in [0.1, 0.15) is 11.6 Å². The minimum Gasteiger partial charge on any atom is -0.449 e. The normalized spacial score (nSPS) is 14.9. The van der Waals surface area contributed by atoms with Gasteiger partial charge in [0.25, 0.3) is 10.0 Å². The molecule has 0 spiro atoms. The van der Waals surface area contributed by atoms with E-state index in [2.05, 4.69) is 9.97 Å². The van der Waals surface area contributed by atoms with Gasteiger partial charge in [-0.1, -0.05) is 32.9 Å². The maximum absolute atomic E-state index is 16.1. The van der Waals surface area contributed by atoms with Crippen molar-refractivity contribution in [3.63, 3.8) is 0 Å². The number of ether oxygens (including phenoxy) is 1. The number of amides is 1. The summed E-state index contributed by atoms with van der Waals surface area (Å²) in [4.78, 5) is 26.5. The van der Waals surface area contributed by atoms with Crippen LogP contribution in [0.25, 0.3) is 21.8 Å². The molecule has 0 radical (unpaired) electrons. The van der Waals surface area contributed by atoms with Crippen molar-refractivity contribution in [2.75, 3.05) is 30.2 Å². The highest BCUT2D eigenvalue weighted by molar-refractivity contribution is 7.92. The average molecular weight is 661 g/mol. The van der Waals surface area contributed by atoms with Crippen molar-refractivity contribution < 1.29 is 31.1 Å². The number of halogens is 3. The van der Waals surface area contributed by atoms with Crippen molar-refractivity contribution >= 4 is 39.1 Å². The van der Waals surface area contributed by atoms with Crippen LogP contribution in [-0.4, -0.2) is 54.1 Å². The molecule has 0 unspecified atom stereocenters. The highest BCUT2D eigenvalue weighted by Gasteiger charge is 2.38. The van der Waals surface area contributed by atoms with E-state index in [0.29, 0.717) is 48.1 Å². The van der Waals surface area contributed by atoms with Crippen LogP contribution in [0.5, 0.6) is 0 Å². The largest absolute Gasteiger partial charge is 0.449 e. The van der Waals surface area contributed by atoms with Crippen LogP contribution in [0.15, 0.2) is 53.6 Å². The van der Waals surface area contributed by atoms with E-state index in [1.807, 2.05) is 25.5 Å². The van der Waals surface area contributed by atoms with Crippen molar-refractivity contribution in [3.05, 3.63) is 71.1 Å². The summed E-state index contributed by atoms with van der Waals surface area (Å²) in [5, 5.41) is 0.652. The molecule has 238 valence electrons. The maximum atomic E-state index is 16.1. The van der Waals surface area contributed by atoms with Gasteiger partial charge in [-0.25, -0.2) is 41.3 Å². The van der Waals surface area contributed by atoms with Crippen LogP contribution < -0.4 is 10.5 Å². The first-order valence-electron chi connectivity index (χ1n) is 14.1. The van der Waals surface area contributed by atoms with E-state index in [4.69, 9.17) is 15.5 Å². The number of nitrogens with zero attached hydrogens (tertiary/aromatic N) is 4. The molecule has 0 atom stereocenters. The Balaban J connectivity index is 1.52. The Morgan fingerprint density at radius 3 is 2.40 bits per heavy atom. The van der Waals surface area contributed by atoms with E-state index >= 15 is 4.39 Å². The van der Waals surface area contributed by atoms with E-state index in [9.17, 15) is 22.0 Å². The summed E-state index contributed by atoms with van der Waals surface area (Å²) in [7, 11) is -4.84. The van der Waals surface area contributed by atoms with E-state index < -0.39 is 43.5 Å². The predicted octanol–water partition coefficient (Wildman–Crippen LogP) is 6.21. The molecule has 0 bridgehead atoms. The minimum absolute atomic E-state index is 0.0123. The molecule has 45 heavy (non-hydrogen) atoms. The summed E-state index contributed by atoms with van der Waals surface area (Å²) in [6, 6.07) is 8.15. The molecule has 4 aromatic rings. The van der Waals surface area contributed by atoms with Crippen LogP contribution in [-0.2, 0) is 20.2 Å². The van der Waals surface area contributed by atoms with Gasteiger partial charge < -0.3 is 15.4 Å². The number of sulfonamides is 1. The molecule has 1 saturated heterocycles. The number of carbonyl (C=O) groups is 1. The molecule has 1 aliphatic rings. The van der Waals surface area contributed by atoms with Crippen LogP contribution in [0.4, 0.5) is 29.6 Å². The molecule has 10 nitrogen and oxygen atoms in total. The number of nitrogens with two attached hydrogens (primary N) is 1. The standard InChI is InChI=1S/C30H31F3N6O4S2/c1-17(2)16-43-29(40)39-14-11-30(3,12-15-39)27-37-24(25(44-27)22-10-13-35-28(34)36-22)18-6-4-9-21(23(18)33)38-45(41,42)26-19(31)7-5-8-20(26)32/h4-10,13,17,38H,11-12,14-16H2,1-3H3,(H2,34,35,36). The van der Waals surface area contributed by atoms with Gasteiger partial charge in [0.2, 0.25) is 5.95 Å². The first-order chi connectivity index (χ1) is 21.3. The molecule has 2 aromatic heterocycles. The highest BCUT2D eigenvalue weighted by atomic mass is 32.2. The maximum Gasteiger partial charge on any atom is 0.409 e. The fraction of sp³-hybridized carbons (Fsp3) is 0.333. The van der Waals surface area contributed by atoms with Gasteiger partial charge in [0, 0.05) is 30.3 Å². The number of likely N-dealkylation sites (tertiary alicyclic amines) is 1. The second-order valence-corrected chi connectivity index (χ2v) is 14.0. The molecular weight excluding hydrogens is 629 g/mol. The van der Waals surface area contributed by atoms with Gasteiger partial charge in [-0.3, -0.25) is 4.72 Å². The monoisotopic (exact) mass is 660 g/mol. The lowest BCUT2D eigenvalue weighted by atomic mass is 9.81. The zero-order valence-corrected chi connectivity index (χ0v) is 26.3. The lowest BCUT2D eigenvalue weighted by Crippen LogP contribution is -2.44. The number of nitrogens with one attached hydrogen (secondary N) is 1. The predicted molar refractivity (Wildman–Crippen MR) is 164 cm³/mol. The molecular formula is C30H31F3N6O4S2. The van der Waals surface area contributed by atoms with E-state index in [1.165, 1.54) is 29.7 Å². The third kappa shape index (κ3) is 6.73. The lowest BCUT2D eigenvalue weighted by molar-refractivity contribution is 0.0762. The van der Waals surface area contributed by atoms with Gasteiger partial charge in [0.05, 0.1) is 33.6 Å². The van der Waals surface area contributed by atoms with Crippen LogP contribution in [0.1, 0.15) is 38.6 Å². The molecule has 5 rings (SSSR count). The Bertz CT molecular complexity index is 1820. The number of rotatable bonds is 8. The first-order valence-corrected chi connectivity index (χ1v) is 16.4. The van der Waals surface area contributed by atoms with Gasteiger partial charge in [-0.2, -0.15) is 0 Å². The number of thiazole rings is 1. The fourth-order valence-corrected chi connectivity index (χ4v) is 7.34. The molecule has 2 aromatic carbocycles. The smallest absolute Gasteiger partial charge is 0.409 e. The number of nitrogen functional groups attached to an aromatic ring is 1. The molecule has 15 heteroatoms. The highest BCUT2D eigenvalue weighted by Crippen LogP contribution is 2.45. The Labute approximate surface area is 262 Å². The average Bonchev–Trinajstić information content (AvgIpc) is 3.43. The van der Waals surface area contributed by atoms with E-state index in [1.54, 1.807) is 11.0 Å². The van der Waals surface area contributed by atoms with Crippen molar-refractivity contribution in [3.8, 4) is 21.8 Å². The lowest BCUT2D eigenvalue weighted by Gasteiger charge is -2.37. The van der Waals surface area contributed by atoms with Crippen LogP contribution in [0.3, 0.4) is 0 Å². The topological polar surface area (TPSA) is 140 Å². The second-order valence-electron chi connectivity index (χ2n) is 11.3. The Hall–Kier alpha value is -4.24. The number of piperidine rings is 1. The molecule has 0 aliphatic carbocycles. The number of carbonyl (C=O) groups excluding carboxylic acids is 1. The molecule has 0 saturated carbocycles. The second kappa shape index (κ2) is 12.6. The molecule has 3 N–H and O–H groups in total. The van der Waals surface area contributed by atoms with Crippen LogP contribution >= 0.6 is 11.3 Å². The summed E-state index contributed by atoms with van der Waals surface area (Å²) in [6.07, 6.45) is 2.18. The van der Waals surface area contributed by atoms with Crippen molar-refractivity contribution in [2.45, 2.75) is 43.9 Å². The van der Waals surface area contributed by atoms with Gasteiger partial charge >= 0.3 is 6.09 Å². The number of hydrogen-bond acceptors (Lipinski definition) is 9. The Morgan fingerprint density at radius 2 is 1.76 bits per heavy atom. The summed E-state index contributed by atoms with van der Waals surface area (Å²) >= 11 is 1.28. The zero-order chi connectivity index (χ0) is 32.5. The Kier molecular flexibility index (Phi) is 9.03. The molecule has 1 fully saturated rings. The van der Waals surface area contributed by atoms with E-state index in [0.717, 1.165) is 24.3 Å². The number of hydrogen-bond donors (Lipinski definition) is 2. The molecule has 1 aliphatic heterocycles. The molecule has 1 amide bonds. The summed E-state index contributed by atoms with van der Waals surface area (Å²) in [6.45, 7) is 7.10. The SMILES string of the molecule is CC(C)COC(=O)N1CCC(C)(c2nc(-c3cccc(NS(=O)(=O)c4c(F)cccc4F)c3F)c(-c3ccnc(N)n3)s2)CC1. The Morgan fingerprint density at radius 1 is 1.09 bits per heavy atom. The minimum atomic E-state index is -4.84. The van der Waals surface area contributed by atoms with Crippen molar-refractivity contribution in [1.82, 2.24) is 19.9 Å². The number of aromatic nitrogens is 3. The summed E-state index contributed by atoms with van der Waals surface area (Å²) < 4.78 is 78.0. The first kappa shape index (κ1) is 32.2. The summed E-state index contributed by atoms with van der Waals surface area (Å²) in [5.74, 6) is -3.45. The number of benzene rings is 2. The molecule has 3 heterocycles. The van der Waals surface area contributed by atoms with E-state index in [-0.39, 0.29) is 29.2 Å². The zero-order valence-electron chi connectivity index (χ0n) is 24.7.